The van der Waals surface area contributed by atoms with Crippen molar-refractivity contribution in [2.45, 2.75) is 18.9 Å². The van der Waals surface area contributed by atoms with E-state index in [1.165, 1.54) is 11.3 Å². The van der Waals surface area contributed by atoms with Crippen molar-refractivity contribution in [1.82, 2.24) is 10.2 Å². The van der Waals surface area contributed by atoms with Crippen LogP contribution in [0.15, 0.2) is 17.5 Å². The van der Waals surface area contributed by atoms with Gasteiger partial charge in [-0.3, -0.25) is 4.79 Å². The molecule has 2 heterocycles. The summed E-state index contributed by atoms with van der Waals surface area (Å²) in [4.78, 5) is 25.9. The molecule has 0 radical (unpaired) electrons. The quantitative estimate of drug-likeness (QED) is 0.867. The lowest BCUT2D eigenvalue weighted by atomic mass is 10.1. The van der Waals surface area contributed by atoms with Crippen LogP contribution in [0.4, 0.5) is 4.79 Å². The predicted octanol–water partition coefficient (Wildman–Crippen LogP) is 2.32. The average Bonchev–Trinajstić information content (AvgIpc) is 3.00. The Morgan fingerprint density at radius 2 is 2.20 bits per heavy atom. The van der Waals surface area contributed by atoms with Crippen molar-refractivity contribution >= 4 is 34.9 Å². The molecule has 0 aromatic carbocycles. The summed E-state index contributed by atoms with van der Waals surface area (Å²) in [5.41, 5.74) is 0. The van der Waals surface area contributed by atoms with Gasteiger partial charge >= 0.3 is 6.09 Å². The van der Waals surface area contributed by atoms with Crippen LogP contribution in [0.25, 0.3) is 0 Å². The summed E-state index contributed by atoms with van der Waals surface area (Å²) in [6.45, 7) is 1.42. The molecule has 110 valence electrons. The van der Waals surface area contributed by atoms with E-state index >= 15 is 0 Å². The summed E-state index contributed by atoms with van der Waals surface area (Å²) in [5, 5.41) is 4.87. The van der Waals surface area contributed by atoms with Crippen LogP contribution >= 0.6 is 22.9 Å². The smallest absolute Gasteiger partial charge is 0.409 e. The van der Waals surface area contributed by atoms with Gasteiger partial charge in [0.05, 0.1) is 10.8 Å². The summed E-state index contributed by atoms with van der Waals surface area (Å²) in [6, 6.07) is 3.77. The molecule has 0 spiro atoms. The van der Waals surface area contributed by atoms with Gasteiger partial charge in [0.1, 0.15) is 6.61 Å². The van der Waals surface area contributed by atoms with E-state index in [0.717, 1.165) is 12.8 Å². The lowest BCUT2D eigenvalue weighted by Gasteiger charge is -2.31. The number of thiophene rings is 1. The molecule has 2 amide bonds. The zero-order valence-electron chi connectivity index (χ0n) is 11.0. The zero-order valence-corrected chi connectivity index (χ0v) is 12.6. The van der Waals surface area contributed by atoms with Crippen molar-refractivity contribution in [1.29, 1.82) is 0 Å². The van der Waals surface area contributed by atoms with E-state index in [1.54, 1.807) is 11.0 Å². The minimum Gasteiger partial charge on any atom is -0.448 e. The molecule has 0 aliphatic carbocycles. The molecule has 0 atom stereocenters. The van der Waals surface area contributed by atoms with Crippen LogP contribution in [0.3, 0.4) is 0 Å². The van der Waals surface area contributed by atoms with Gasteiger partial charge in [-0.2, -0.15) is 0 Å². The Morgan fingerprint density at radius 1 is 1.45 bits per heavy atom. The Labute approximate surface area is 126 Å². The fourth-order valence-corrected chi connectivity index (χ4v) is 2.79. The first-order valence-electron chi connectivity index (χ1n) is 6.52. The molecule has 0 unspecified atom stereocenters. The molecule has 1 aromatic rings. The van der Waals surface area contributed by atoms with E-state index < -0.39 is 0 Å². The van der Waals surface area contributed by atoms with E-state index in [-0.39, 0.29) is 24.6 Å². The maximum Gasteiger partial charge on any atom is 0.409 e. The highest BCUT2D eigenvalue weighted by Crippen LogP contribution is 2.14. The number of rotatable bonds is 4. The molecule has 1 saturated heterocycles. The van der Waals surface area contributed by atoms with Crippen LogP contribution in [0.2, 0.25) is 0 Å². The first-order valence-corrected chi connectivity index (χ1v) is 7.94. The van der Waals surface area contributed by atoms with Gasteiger partial charge in [-0.15, -0.1) is 22.9 Å². The Hall–Kier alpha value is -1.27. The van der Waals surface area contributed by atoms with Crippen LogP contribution in [-0.2, 0) is 4.74 Å². The highest BCUT2D eigenvalue weighted by Gasteiger charge is 2.25. The minimum absolute atomic E-state index is 0.0387. The normalized spacial score (nSPS) is 15.9. The molecule has 2 rings (SSSR count). The lowest BCUT2D eigenvalue weighted by molar-refractivity contribution is 0.0864. The molecule has 1 N–H and O–H groups in total. The molecule has 1 aromatic heterocycles. The minimum atomic E-state index is -0.325. The van der Waals surface area contributed by atoms with Crippen LogP contribution in [-0.4, -0.2) is 48.5 Å². The van der Waals surface area contributed by atoms with E-state index in [0.29, 0.717) is 23.8 Å². The van der Waals surface area contributed by atoms with Crippen molar-refractivity contribution in [2.75, 3.05) is 25.6 Å². The van der Waals surface area contributed by atoms with Crippen molar-refractivity contribution in [3.63, 3.8) is 0 Å². The monoisotopic (exact) mass is 316 g/mol. The summed E-state index contributed by atoms with van der Waals surface area (Å²) in [7, 11) is 0. The summed E-state index contributed by atoms with van der Waals surface area (Å²) in [5.74, 6) is 0.266. The number of hydrogen-bond acceptors (Lipinski definition) is 4. The number of nitrogens with zero attached hydrogens (tertiary/aromatic N) is 1. The van der Waals surface area contributed by atoms with Gasteiger partial charge in [0, 0.05) is 19.1 Å². The summed E-state index contributed by atoms with van der Waals surface area (Å²) in [6.07, 6.45) is 1.16. The molecule has 7 heteroatoms. The molecule has 20 heavy (non-hydrogen) atoms. The molecule has 1 aliphatic heterocycles. The van der Waals surface area contributed by atoms with Crippen molar-refractivity contribution in [3.8, 4) is 0 Å². The van der Waals surface area contributed by atoms with Crippen molar-refractivity contribution < 1.29 is 14.3 Å². The summed E-state index contributed by atoms with van der Waals surface area (Å²) < 4.78 is 4.98. The van der Waals surface area contributed by atoms with Crippen LogP contribution < -0.4 is 5.32 Å². The van der Waals surface area contributed by atoms with Gasteiger partial charge in [-0.1, -0.05) is 6.07 Å². The molecule has 0 saturated carbocycles. The molecule has 1 aliphatic rings. The topological polar surface area (TPSA) is 58.6 Å². The average molecular weight is 317 g/mol. The highest BCUT2D eigenvalue weighted by atomic mass is 35.5. The maximum atomic E-state index is 11.9. The number of alkyl halides is 1. The first-order chi connectivity index (χ1) is 9.70. The Bertz CT molecular complexity index is 444. The number of ether oxygens (including phenoxy) is 1. The predicted molar refractivity (Wildman–Crippen MR) is 78.4 cm³/mol. The number of nitrogens with one attached hydrogen (secondary N) is 1. The molecule has 5 nitrogen and oxygen atoms in total. The number of carbonyl (C=O) groups is 2. The Kier molecular flexibility index (Phi) is 5.67. The number of carbonyl (C=O) groups excluding carboxylic acids is 2. The molecular weight excluding hydrogens is 300 g/mol. The number of likely N-dealkylation sites (tertiary alicyclic amines) is 1. The number of piperidine rings is 1. The third kappa shape index (κ3) is 4.11. The fraction of sp³-hybridized carbons (Fsp3) is 0.538. The van der Waals surface area contributed by atoms with Crippen molar-refractivity contribution in [2.24, 2.45) is 0 Å². The SMILES string of the molecule is O=C(NC1CCN(C(=O)OCCCl)CC1)c1cccs1. The standard InChI is InChI=1S/C13H17ClN2O3S/c14-5-8-19-13(18)16-6-3-10(4-7-16)15-12(17)11-2-1-9-20-11/h1-2,9-10H,3-8H2,(H,15,17). The second-order valence-corrected chi connectivity index (χ2v) is 5.84. The largest absolute Gasteiger partial charge is 0.448 e. The lowest BCUT2D eigenvalue weighted by Crippen LogP contribution is -2.46. The van der Waals surface area contributed by atoms with Crippen LogP contribution in [0.1, 0.15) is 22.5 Å². The van der Waals surface area contributed by atoms with Gasteiger partial charge in [0.15, 0.2) is 0 Å². The number of hydrogen-bond donors (Lipinski definition) is 1. The third-order valence-corrected chi connectivity index (χ3v) is 4.16. The Balaban J connectivity index is 1.74. The number of amides is 2. The fourth-order valence-electron chi connectivity index (χ4n) is 2.09. The van der Waals surface area contributed by atoms with Crippen LogP contribution in [0, 0.1) is 0 Å². The zero-order chi connectivity index (χ0) is 14.4. The van der Waals surface area contributed by atoms with E-state index in [1.807, 2.05) is 11.4 Å². The van der Waals surface area contributed by atoms with Gasteiger partial charge in [0.25, 0.3) is 5.91 Å². The van der Waals surface area contributed by atoms with Crippen LogP contribution in [0.5, 0.6) is 0 Å². The number of halogens is 1. The van der Waals surface area contributed by atoms with Crippen molar-refractivity contribution in [3.05, 3.63) is 22.4 Å². The van der Waals surface area contributed by atoms with E-state index in [4.69, 9.17) is 16.3 Å². The third-order valence-electron chi connectivity index (χ3n) is 3.14. The van der Waals surface area contributed by atoms with Gasteiger partial charge in [-0.25, -0.2) is 4.79 Å². The van der Waals surface area contributed by atoms with E-state index in [2.05, 4.69) is 5.32 Å². The van der Waals surface area contributed by atoms with E-state index in [9.17, 15) is 9.59 Å². The second-order valence-electron chi connectivity index (χ2n) is 4.52. The molecule has 1 fully saturated rings. The molecular formula is C13H17ClN2O3S. The van der Waals surface area contributed by atoms with Gasteiger partial charge in [-0.05, 0) is 24.3 Å². The summed E-state index contributed by atoms with van der Waals surface area (Å²) >= 11 is 6.90. The second kappa shape index (κ2) is 7.50. The maximum absolute atomic E-state index is 11.9. The Morgan fingerprint density at radius 3 is 2.80 bits per heavy atom. The highest BCUT2D eigenvalue weighted by molar-refractivity contribution is 7.12. The van der Waals surface area contributed by atoms with Gasteiger partial charge in [0.2, 0.25) is 0 Å². The first kappa shape index (κ1) is 15.1. The van der Waals surface area contributed by atoms with Gasteiger partial charge < -0.3 is 15.0 Å². The molecule has 0 bridgehead atoms.